The minimum Gasteiger partial charge on any atom is -0.465 e. The van der Waals surface area contributed by atoms with Gasteiger partial charge in [-0.15, -0.1) is 0 Å². The van der Waals surface area contributed by atoms with Crippen LogP contribution >= 0.6 is 0 Å². The zero-order valence-electron chi connectivity index (χ0n) is 16.6. The summed E-state index contributed by atoms with van der Waals surface area (Å²) >= 11 is 0. The van der Waals surface area contributed by atoms with Crippen LogP contribution in [-0.4, -0.2) is 64.7 Å². The van der Waals surface area contributed by atoms with Crippen molar-refractivity contribution in [1.82, 2.24) is 15.1 Å². The number of piperazine rings is 1. The van der Waals surface area contributed by atoms with Crippen LogP contribution in [0.2, 0.25) is 0 Å². The maximum atomic E-state index is 11.9. The van der Waals surface area contributed by atoms with E-state index in [1.807, 2.05) is 36.4 Å². The highest BCUT2D eigenvalue weighted by atomic mass is 16.4. The first kappa shape index (κ1) is 19.5. The molecular formula is C23H27N3O3. The molecule has 0 saturated carbocycles. The number of nitrogens with zero attached hydrogens (tertiary/aromatic N) is 2. The summed E-state index contributed by atoms with van der Waals surface area (Å²) in [6.07, 6.45) is -0.103. The van der Waals surface area contributed by atoms with Gasteiger partial charge in [-0.1, -0.05) is 60.7 Å². The molecule has 4 rings (SSSR count). The number of carboxylic acid groups (broad SMARTS) is 1. The van der Waals surface area contributed by atoms with Crippen LogP contribution in [0.4, 0.5) is 4.79 Å². The Morgan fingerprint density at radius 1 is 0.966 bits per heavy atom. The highest BCUT2D eigenvalue weighted by Gasteiger charge is 2.46. The van der Waals surface area contributed by atoms with Crippen LogP contribution < -0.4 is 5.32 Å². The fraction of sp³-hybridized carbons (Fsp3) is 0.391. The Balaban J connectivity index is 1.72. The first-order valence-electron chi connectivity index (χ1n) is 10.1. The van der Waals surface area contributed by atoms with Crippen LogP contribution in [0.25, 0.3) is 0 Å². The molecule has 0 spiro atoms. The third kappa shape index (κ3) is 4.12. The Kier molecular flexibility index (Phi) is 5.53. The molecule has 2 aliphatic heterocycles. The van der Waals surface area contributed by atoms with Gasteiger partial charge in [-0.2, -0.15) is 0 Å². The molecule has 0 unspecified atom stereocenters. The molecule has 0 aliphatic carbocycles. The van der Waals surface area contributed by atoms with Crippen molar-refractivity contribution in [3.63, 3.8) is 0 Å². The Bertz CT molecular complexity index is 819. The van der Waals surface area contributed by atoms with Gasteiger partial charge in [-0.05, 0) is 17.5 Å². The number of benzene rings is 2. The molecule has 2 aromatic rings. The molecule has 152 valence electrons. The van der Waals surface area contributed by atoms with Crippen molar-refractivity contribution >= 4 is 12.0 Å². The van der Waals surface area contributed by atoms with Gasteiger partial charge in [0, 0.05) is 50.6 Å². The van der Waals surface area contributed by atoms with Gasteiger partial charge in [0.1, 0.15) is 0 Å². The summed E-state index contributed by atoms with van der Waals surface area (Å²) in [5.41, 5.74) is 2.36. The van der Waals surface area contributed by atoms with Gasteiger partial charge in [-0.25, -0.2) is 4.79 Å². The van der Waals surface area contributed by atoms with Crippen molar-refractivity contribution in [2.75, 3.05) is 19.6 Å². The van der Waals surface area contributed by atoms with Crippen LogP contribution in [-0.2, 0) is 4.79 Å². The van der Waals surface area contributed by atoms with Gasteiger partial charge in [-0.3, -0.25) is 9.69 Å². The lowest BCUT2D eigenvalue weighted by molar-refractivity contribution is -0.119. The summed E-state index contributed by atoms with van der Waals surface area (Å²) in [6.45, 7) is 3.22. The molecule has 0 aromatic heterocycles. The van der Waals surface area contributed by atoms with Crippen LogP contribution in [0.1, 0.15) is 30.4 Å². The largest absolute Gasteiger partial charge is 0.465 e. The molecular weight excluding hydrogens is 366 g/mol. The lowest BCUT2D eigenvalue weighted by Crippen LogP contribution is -2.59. The first-order chi connectivity index (χ1) is 14.0. The summed E-state index contributed by atoms with van der Waals surface area (Å²) in [5, 5.41) is 12.8. The number of carbonyl (C=O) groups excluding carboxylic acids is 1. The van der Waals surface area contributed by atoms with E-state index in [1.54, 1.807) is 4.90 Å². The van der Waals surface area contributed by atoms with Crippen LogP contribution in [0, 0.1) is 0 Å². The molecule has 2 aliphatic rings. The van der Waals surface area contributed by atoms with Crippen LogP contribution in [0.5, 0.6) is 0 Å². The normalized spacial score (nSPS) is 24.3. The smallest absolute Gasteiger partial charge is 0.407 e. The predicted octanol–water partition coefficient (Wildman–Crippen LogP) is 2.76. The van der Waals surface area contributed by atoms with E-state index in [9.17, 15) is 14.7 Å². The minimum atomic E-state index is -0.877. The maximum Gasteiger partial charge on any atom is 0.407 e. The van der Waals surface area contributed by atoms with E-state index in [-0.39, 0.29) is 30.0 Å². The van der Waals surface area contributed by atoms with Gasteiger partial charge in [0.15, 0.2) is 0 Å². The molecule has 0 bridgehead atoms. The highest BCUT2D eigenvalue weighted by molar-refractivity contribution is 5.73. The standard InChI is InChI=1S/C23H27N3O3/c1-16(27)24-19-12-20-14-25(23(28)29)15-21(26(20)13-19)22(17-8-4-2-5-9-17)18-10-6-3-7-11-18/h2-11,19-22H,12-15H2,1H3,(H,24,27)(H,28,29)/t19-,20-,21-/m0/s1. The fourth-order valence-corrected chi connectivity index (χ4v) is 4.99. The van der Waals surface area contributed by atoms with Crippen molar-refractivity contribution in [1.29, 1.82) is 0 Å². The maximum absolute atomic E-state index is 11.9. The molecule has 0 radical (unpaired) electrons. The third-order valence-corrected chi connectivity index (χ3v) is 6.10. The summed E-state index contributed by atoms with van der Waals surface area (Å²) in [5.74, 6) is 0.0160. The zero-order chi connectivity index (χ0) is 20.4. The number of hydrogen-bond donors (Lipinski definition) is 2. The predicted molar refractivity (Wildman–Crippen MR) is 111 cm³/mol. The molecule has 2 fully saturated rings. The second-order valence-electron chi connectivity index (χ2n) is 8.04. The van der Waals surface area contributed by atoms with Gasteiger partial charge >= 0.3 is 6.09 Å². The van der Waals surface area contributed by atoms with Crippen molar-refractivity contribution < 1.29 is 14.7 Å². The van der Waals surface area contributed by atoms with E-state index < -0.39 is 6.09 Å². The van der Waals surface area contributed by atoms with Crippen LogP contribution in [0.15, 0.2) is 60.7 Å². The number of hydrogen-bond acceptors (Lipinski definition) is 3. The second-order valence-corrected chi connectivity index (χ2v) is 8.04. The van der Waals surface area contributed by atoms with Crippen molar-refractivity contribution in [2.24, 2.45) is 0 Å². The minimum absolute atomic E-state index is 0.00779. The average Bonchev–Trinajstić information content (AvgIpc) is 3.11. The number of nitrogens with one attached hydrogen (secondary N) is 1. The topological polar surface area (TPSA) is 72.9 Å². The van der Waals surface area contributed by atoms with Crippen molar-refractivity contribution in [3.8, 4) is 0 Å². The Labute approximate surface area is 171 Å². The van der Waals surface area contributed by atoms with Gasteiger partial charge in [0.2, 0.25) is 5.91 Å². The zero-order valence-corrected chi connectivity index (χ0v) is 16.6. The fourth-order valence-electron chi connectivity index (χ4n) is 4.99. The Hall–Kier alpha value is -2.86. The molecule has 6 nitrogen and oxygen atoms in total. The molecule has 6 heteroatoms. The summed E-state index contributed by atoms with van der Waals surface area (Å²) in [7, 11) is 0. The summed E-state index contributed by atoms with van der Waals surface area (Å²) in [6, 6.07) is 20.8. The van der Waals surface area contributed by atoms with E-state index in [0.29, 0.717) is 13.1 Å². The lowest BCUT2D eigenvalue weighted by Gasteiger charge is -2.46. The van der Waals surface area contributed by atoms with Gasteiger partial charge in [0.25, 0.3) is 0 Å². The molecule has 2 saturated heterocycles. The van der Waals surface area contributed by atoms with Crippen molar-refractivity contribution in [3.05, 3.63) is 71.8 Å². The van der Waals surface area contributed by atoms with Crippen LogP contribution in [0.3, 0.4) is 0 Å². The second kappa shape index (κ2) is 8.25. The van der Waals surface area contributed by atoms with Crippen molar-refractivity contribution in [2.45, 2.75) is 37.4 Å². The average molecular weight is 393 g/mol. The number of amides is 2. The van der Waals surface area contributed by atoms with E-state index >= 15 is 0 Å². The quantitative estimate of drug-likeness (QED) is 0.838. The Morgan fingerprint density at radius 2 is 1.55 bits per heavy atom. The van der Waals surface area contributed by atoms with Gasteiger partial charge < -0.3 is 15.3 Å². The monoisotopic (exact) mass is 393 g/mol. The number of rotatable bonds is 4. The number of carbonyl (C=O) groups is 2. The summed E-state index contributed by atoms with van der Waals surface area (Å²) < 4.78 is 0. The number of fused-ring (bicyclic) bond motifs is 1. The van der Waals surface area contributed by atoms with E-state index in [4.69, 9.17) is 0 Å². The lowest BCUT2D eigenvalue weighted by atomic mass is 9.82. The molecule has 3 atom stereocenters. The SMILES string of the molecule is CC(=O)N[C@H]1C[C@H]2CN(C(=O)O)C[C@@H](C(c3ccccc3)c3ccccc3)N2C1. The van der Waals surface area contributed by atoms with Gasteiger partial charge in [0.05, 0.1) is 0 Å². The summed E-state index contributed by atoms with van der Waals surface area (Å²) in [4.78, 5) is 27.4. The molecule has 2 N–H and O–H groups in total. The third-order valence-electron chi connectivity index (χ3n) is 6.10. The molecule has 2 aromatic carbocycles. The molecule has 2 amide bonds. The highest BCUT2D eigenvalue weighted by Crippen LogP contribution is 2.37. The molecule has 29 heavy (non-hydrogen) atoms. The first-order valence-corrected chi connectivity index (χ1v) is 10.1. The Morgan fingerprint density at radius 3 is 2.07 bits per heavy atom. The molecule has 2 heterocycles. The van der Waals surface area contributed by atoms with E-state index in [2.05, 4.69) is 34.5 Å². The van der Waals surface area contributed by atoms with E-state index in [1.165, 1.54) is 18.1 Å². The van der Waals surface area contributed by atoms with E-state index in [0.717, 1.165) is 13.0 Å².